The molecule has 106 valence electrons. The molecule has 4 nitrogen and oxygen atoms in total. The summed E-state index contributed by atoms with van der Waals surface area (Å²) >= 11 is 0. The summed E-state index contributed by atoms with van der Waals surface area (Å²) in [5, 5.41) is 11.1. The van der Waals surface area contributed by atoms with E-state index in [-0.39, 0.29) is 17.0 Å². The molecule has 0 fully saturated rings. The van der Waals surface area contributed by atoms with E-state index in [1.165, 1.54) is 4.40 Å². The first-order valence-electron chi connectivity index (χ1n) is 6.94. The average Bonchev–Trinajstić information content (AvgIpc) is 2.55. The molecule has 0 radical (unpaired) electrons. The second-order valence-corrected chi connectivity index (χ2v) is 5.07. The van der Waals surface area contributed by atoms with Crippen molar-refractivity contribution in [1.82, 2.24) is 9.38 Å². The van der Waals surface area contributed by atoms with Crippen molar-refractivity contribution >= 4 is 16.6 Å². The van der Waals surface area contributed by atoms with Gasteiger partial charge in [0.1, 0.15) is 11.2 Å². The Morgan fingerprint density at radius 2 is 1.59 bits per heavy atom. The fourth-order valence-corrected chi connectivity index (χ4v) is 2.72. The molecule has 0 aliphatic heterocycles. The van der Waals surface area contributed by atoms with E-state index >= 15 is 0 Å². The molecule has 0 spiro atoms. The maximum absolute atomic E-state index is 12.9. The number of benzene rings is 2. The highest BCUT2D eigenvalue weighted by Gasteiger charge is 2.15. The zero-order valence-electron chi connectivity index (χ0n) is 11.6. The van der Waals surface area contributed by atoms with Gasteiger partial charge in [0.05, 0.1) is 5.52 Å². The predicted molar refractivity (Wildman–Crippen MR) is 86.1 cm³/mol. The summed E-state index contributed by atoms with van der Waals surface area (Å²) < 4.78 is 1.54. The smallest absolute Gasteiger partial charge is 0.270 e. The highest BCUT2D eigenvalue weighted by molar-refractivity contribution is 5.83. The third-order valence-corrected chi connectivity index (χ3v) is 3.74. The molecule has 0 atom stereocenters. The van der Waals surface area contributed by atoms with Crippen LogP contribution in [0.15, 0.2) is 71.5 Å². The first-order chi connectivity index (χ1) is 10.8. The molecule has 4 rings (SSSR count). The Kier molecular flexibility index (Phi) is 2.69. The second-order valence-electron chi connectivity index (χ2n) is 5.07. The van der Waals surface area contributed by atoms with Crippen LogP contribution in [0.4, 0.5) is 0 Å². The van der Waals surface area contributed by atoms with Gasteiger partial charge in [0.15, 0.2) is 0 Å². The number of hydrogen-bond acceptors (Lipinski definition) is 3. The first kappa shape index (κ1) is 12.6. The van der Waals surface area contributed by atoms with E-state index in [1.807, 2.05) is 48.5 Å². The zero-order valence-corrected chi connectivity index (χ0v) is 11.6. The van der Waals surface area contributed by atoms with Crippen LogP contribution in [0.5, 0.6) is 5.88 Å². The van der Waals surface area contributed by atoms with E-state index in [0.717, 1.165) is 10.9 Å². The molecule has 0 bridgehead atoms. The van der Waals surface area contributed by atoms with Crippen LogP contribution in [-0.4, -0.2) is 14.5 Å². The largest absolute Gasteiger partial charge is 0.493 e. The summed E-state index contributed by atoms with van der Waals surface area (Å²) in [7, 11) is 0. The molecular formula is C18H12N2O2. The van der Waals surface area contributed by atoms with Crippen molar-refractivity contribution in [2.24, 2.45) is 0 Å². The van der Waals surface area contributed by atoms with Crippen molar-refractivity contribution in [2.45, 2.75) is 0 Å². The molecule has 0 aliphatic rings. The van der Waals surface area contributed by atoms with E-state index in [9.17, 15) is 9.90 Å². The highest BCUT2D eigenvalue weighted by atomic mass is 16.3. The molecule has 2 heterocycles. The summed E-state index contributed by atoms with van der Waals surface area (Å²) in [6.45, 7) is 0. The minimum Gasteiger partial charge on any atom is -0.493 e. The predicted octanol–water partition coefficient (Wildman–Crippen LogP) is 3.22. The fraction of sp³-hybridized carbons (Fsp3) is 0. The summed E-state index contributed by atoms with van der Waals surface area (Å²) in [4.78, 5) is 17.1. The van der Waals surface area contributed by atoms with Gasteiger partial charge in [-0.2, -0.15) is 4.98 Å². The molecule has 4 heteroatoms. The van der Waals surface area contributed by atoms with Gasteiger partial charge in [0.2, 0.25) is 5.88 Å². The molecule has 2 aromatic heterocycles. The lowest BCUT2D eigenvalue weighted by molar-refractivity contribution is 0.455. The Hall–Kier alpha value is -3.14. The summed E-state index contributed by atoms with van der Waals surface area (Å²) in [6.07, 6.45) is 0. The lowest BCUT2D eigenvalue weighted by atomic mass is 10.1. The molecule has 2 aromatic carbocycles. The van der Waals surface area contributed by atoms with E-state index in [1.54, 1.807) is 18.2 Å². The van der Waals surface area contributed by atoms with Crippen molar-refractivity contribution in [3.63, 3.8) is 0 Å². The number of para-hydroxylation sites is 1. The molecule has 0 amide bonds. The number of nitrogens with zero attached hydrogens (tertiary/aromatic N) is 2. The van der Waals surface area contributed by atoms with Crippen molar-refractivity contribution in [2.75, 3.05) is 0 Å². The summed E-state index contributed by atoms with van der Waals surface area (Å²) in [5.74, 6) is -0.244. The van der Waals surface area contributed by atoms with Gasteiger partial charge >= 0.3 is 0 Å². The first-order valence-corrected chi connectivity index (χ1v) is 6.94. The Labute approximate surface area is 125 Å². The van der Waals surface area contributed by atoms with E-state index in [2.05, 4.69) is 4.98 Å². The highest BCUT2D eigenvalue weighted by Crippen LogP contribution is 2.25. The number of rotatable bonds is 1. The monoisotopic (exact) mass is 288 g/mol. The topological polar surface area (TPSA) is 54.6 Å². The third kappa shape index (κ3) is 1.78. The molecule has 1 N–H and O–H groups in total. The third-order valence-electron chi connectivity index (χ3n) is 3.74. The lowest BCUT2D eigenvalue weighted by Crippen LogP contribution is -2.17. The molecule has 0 aliphatic carbocycles. The maximum Gasteiger partial charge on any atom is 0.270 e. The van der Waals surface area contributed by atoms with Gasteiger partial charge in [0, 0.05) is 0 Å². The molecular weight excluding hydrogens is 276 g/mol. The Balaban J connectivity index is 2.20. The Morgan fingerprint density at radius 1 is 0.864 bits per heavy atom. The number of aromatic hydroxyl groups is 1. The lowest BCUT2D eigenvalue weighted by Gasteiger charge is -2.09. The van der Waals surface area contributed by atoms with Crippen LogP contribution < -0.4 is 5.56 Å². The SMILES string of the molecule is O=c1c(-c2ccccc2)c(O)nc2ccc3ccccc3n12. The number of aromatic nitrogens is 2. The van der Waals surface area contributed by atoms with Gasteiger partial charge in [-0.05, 0) is 29.1 Å². The van der Waals surface area contributed by atoms with Crippen molar-refractivity contribution in [3.05, 3.63) is 77.1 Å². The maximum atomic E-state index is 12.9. The van der Waals surface area contributed by atoms with Gasteiger partial charge in [0.25, 0.3) is 5.56 Å². The Bertz CT molecular complexity index is 1050. The van der Waals surface area contributed by atoms with Crippen LogP contribution in [0.25, 0.3) is 27.7 Å². The van der Waals surface area contributed by atoms with Crippen LogP contribution in [-0.2, 0) is 0 Å². The number of hydrogen-bond donors (Lipinski definition) is 1. The van der Waals surface area contributed by atoms with Crippen LogP contribution in [0.3, 0.4) is 0 Å². The molecule has 0 saturated carbocycles. The van der Waals surface area contributed by atoms with Gasteiger partial charge in [-0.15, -0.1) is 0 Å². The van der Waals surface area contributed by atoms with Crippen LogP contribution in [0.2, 0.25) is 0 Å². The quantitative estimate of drug-likeness (QED) is 0.547. The van der Waals surface area contributed by atoms with Gasteiger partial charge < -0.3 is 5.11 Å². The zero-order chi connectivity index (χ0) is 15.1. The molecule has 4 aromatic rings. The summed E-state index contributed by atoms with van der Waals surface area (Å²) in [5.41, 5.74) is 1.80. The van der Waals surface area contributed by atoms with E-state index in [4.69, 9.17) is 0 Å². The minimum absolute atomic E-state index is 0.217. The molecule has 22 heavy (non-hydrogen) atoms. The van der Waals surface area contributed by atoms with Gasteiger partial charge in [-0.3, -0.25) is 9.20 Å². The minimum atomic E-state index is -0.273. The number of pyridine rings is 1. The van der Waals surface area contributed by atoms with E-state index in [0.29, 0.717) is 11.2 Å². The van der Waals surface area contributed by atoms with Crippen molar-refractivity contribution in [1.29, 1.82) is 0 Å². The Morgan fingerprint density at radius 3 is 2.41 bits per heavy atom. The van der Waals surface area contributed by atoms with Crippen molar-refractivity contribution < 1.29 is 5.11 Å². The van der Waals surface area contributed by atoms with Crippen molar-refractivity contribution in [3.8, 4) is 17.0 Å². The van der Waals surface area contributed by atoms with Crippen LogP contribution in [0.1, 0.15) is 0 Å². The second kappa shape index (κ2) is 4.70. The fourth-order valence-electron chi connectivity index (χ4n) is 2.72. The van der Waals surface area contributed by atoms with Crippen LogP contribution in [0, 0.1) is 0 Å². The standard InChI is InChI=1S/C18H12N2O2/c21-17-16(13-7-2-1-3-8-13)18(22)20-14-9-5-4-6-12(14)10-11-15(20)19-17/h1-11,21H. The normalized spacial score (nSPS) is 11.1. The average molecular weight is 288 g/mol. The van der Waals surface area contributed by atoms with Gasteiger partial charge in [-0.1, -0.05) is 48.5 Å². The molecule has 0 saturated heterocycles. The number of fused-ring (bicyclic) bond motifs is 3. The van der Waals surface area contributed by atoms with Gasteiger partial charge in [-0.25, -0.2) is 0 Å². The summed E-state index contributed by atoms with van der Waals surface area (Å²) in [6, 6.07) is 20.3. The molecule has 0 unspecified atom stereocenters. The van der Waals surface area contributed by atoms with E-state index < -0.39 is 0 Å². The van der Waals surface area contributed by atoms with Crippen LogP contribution >= 0.6 is 0 Å².